The van der Waals surface area contributed by atoms with Gasteiger partial charge in [0.2, 0.25) is 0 Å². The number of aromatic amines is 1. The number of H-pyrrole nitrogens is 1. The van der Waals surface area contributed by atoms with Gasteiger partial charge in [0.15, 0.2) is 11.5 Å². The maximum Gasteiger partial charge on any atom is 0.349 e. The highest BCUT2D eigenvalue weighted by atomic mass is 16.4. The van der Waals surface area contributed by atoms with E-state index >= 15 is 0 Å². The lowest BCUT2D eigenvalue weighted by Gasteiger charge is -2.20. The fraction of sp³-hybridized carbons (Fsp3) is 0.353. The molecule has 0 aliphatic carbocycles. The predicted octanol–water partition coefficient (Wildman–Crippen LogP) is 0.218. The van der Waals surface area contributed by atoms with Crippen molar-refractivity contribution in [3.8, 4) is 11.5 Å². The largest absolute Gasteiger partial charge is 0.480 e. The Hall–Kier alpha value is -3.07. The summed E-state index contributed by atoms with van der Waals surface area (Å²) < 4.78 is 1.75. The van der Waals surface area contributed by atoms with Crippen LogP contribution in [0.1, 0.15) is 11.1 Å². The molecule has 2 heterocycles. The van der Waals surface area contributed by atoms with E-state index in [4.69, 9.17) is 5.11 Å². The number of benzene rings is 1. The van der Waals surface area contributed by atoms with E-state index in [0.717, 1.165) is 16.6 Å². The highest BCUT2D eigenvalue weighted by Gasteiger charge is 2.19. The van der Waals surface area contributed by atoms with Gasteiger partial charge in [-0.3, -0.25) is 19.5 Å². The van der Waals surface area contributed by atoms with Gasteiger partial charge in [0.25, 0.3) is 5.56 Å². The highest BCUT2D eigenvalue weighted by molar-refractivity contribution is 5.81. The molecule has 0 aromatic heterocycles. The van der Waals surface area contributed by atoms with Crippen LogP contribution in [0.15, 0.2) is 21.7 Å². The van der Waals surface area contributed by atoms with E-state index in [0.29, 0.717) is 18.6 Å². The van der Waals surface area contributed by atoms with E-state index < -0.39 is 17.2 Å². The second kappa shape index (κ2) is 6.68. The molecule has 136 valence electrons. The van der Waals surface area contributed by atoms with Gasteiger partial charge in [-0.15, -0.1) is 0 Å². The number of carbonyl (C=O) groups is 1. The minimum atomic E-state index is -0.926. The minimum Gasteiger partial charge on any atom is -0.480 e. The second-order valence-electron chi connectivity index (χ2n) is 6.36. The lowest BCUT2D eigenvalue weighted by molar-refractivity contribution is -0.138. The molecule has 9 nitrogen and oxygen atoms in total. The first-order valence-electron chi connectivity index (χ1n) is 8.08. The topological polar surface area (TPSA) is 121 Å². The second-order valence-corrected chi connectivity index (χ2v) is 6.36. The summed E-state index contributed by atoms with van der Waals surface area (Å²) in [5.74, 6) is -0.733. The highest BCUT2D eigenvalue weighted by Crippen LogP contribution is 2.23. The number of fused-ring (bicyclic) bond motifs is 2. The lowest BCUT2D eigenvalue weighted by atomic mass is 10.1. The van der Waals surface area contributed by atoms with Crippen molar-refractivity contribution in [2.75, 3.05) is 20.1 Å². The summed E-state index contributed by atoms with van der Waals surface area (Å²) in [6, 6.07) is 3.81. The van der Waals surface area contributed by atoms with Crippen molar-refractivity contribution in [3.63, 3.8) is 0 Å². The zero-order chi connectivity index (χ0) is 19.0. The summed E-state index contributed by atoms with van der Waals surface area (Å²) in [4.78, 5) is 46.8. The normalized spacial score (nSPS) is 11.5. The number of nitrogens with zero attached hydrogens (tertiary/aromatic N) is 4. The minimum absolute atomic E-state index is 0.0845. The van der Waals surface area contributed by atoms with Gasteiger partial charge in [0.05, 0.1) is 17.6 Å². The Balaban J connectivity index is 2.21. The maximum atomic E-state index is 12.2. The molecule has 0 atom stereocenters. The van der Waals surface area contributed by atoms with Crippen molar-refractivity contribution in [1.82, 2.24) is 24.4 Å². The van der Waals surface area contributed by atoms with Crippen molar-refractivity contribution in [2.24, 2.45) is 0 Å². The molecule has 0 saturated carbocycles. The smallest absolute Gasteiger partial charge is 0.349 e. The molecule has 9 heteroatoms. The molecule has 2 aliphatic heterocycles. The maximum absolute atomic E-state index is 12.2. The fourth-order valence-corrected chi connectivity index (χ4v) is 2.86. The molecule has 26 heavy (non-hydrogen) atoms. The third-order valence-corrected chi connectivity index (χ3v) is 4.33. The number of hydrogen-bond donors (Lipinski definition) is 2. The lowest BCUT2D eigenvalue weighted by Crippen LogP contribution is -2.32. The molecule has 0 bridgehead atoms. The van der Waals surface area contributed by atoms with E-state index in [1.54, 1.807) is 16.5 Å². The number of aliphatic carboxylic acids is 1. The van der Waals surface area contributed by atoms with Gasteiger partial charge < -0.3 is 9.67 Å². The summed E-state index contributed by atoms with van der Waals surface area (Å²) in [5, 5.41) is 8.91. The van der Waals surface area contributed by atoms with E-state index in [1.165, 1.54) is 0 Å². The number of aromatic nitrogens is 4. The molecule has 0 saturated heterocycles. The Morgan fingerprint density at radius 2 is 1.92 bits per heavy atom. The molecule has 3 rings (SSSR count). The van der Waals surface area contributed by atoms with E-state index in [2.05, 4.69) is 15.0 Å². The predicted molar refractivity (Wildman–Crippen MR) is 95.6 cm³/mol. The van der Waals surface area contributed by atoms with Crippen molar-refractivity contribution >= 4 is 17.0 Å². The first kappa shape index (κ1) is 17.7. The summed E-state index contributed by atoms with van der Waals surface area (Å²) in [5.41, 5.74) is 2.19. The number of aryl methyl sites for hydroxylation is 2. The van der Waals surface area contributed by atoms with Crippen molar-refractivity contribution in [3.05, 3.63) is 44.1 Å². The van der Waals surface area contributed by atoms with Crippen LogP contribution in [0.5, 0.6) is 0 Å². The van der Waals surface area contributed by atoms with Crippen molar-refractivity contribution in [1.29, 1.82) is 0 Å². The molecule has 0 radical (unpaired) electrons. The molecule has 1 aromatic rings. The van der Waals surface area contributed by atoms with Gasteiger partial charge in [0, 0.05) is 13.1 Å². The van der Waals surface area contributed by atoms with Crippen molar-refractivity contribution in [2.45, 2.75) is 20.4 Å². The molecule has 2 N–H and O–H groups in total. The zero-order valence-corrected chi connectivity index (χ0v) is 14.7. The summed E-state index contributed by atoms with van der Waals surface area (Å²) >= 11 is 0. The SMILES string of the molecule is Cc1cc2nc3c(=O)[nH]c(=O)nc-3n(CCN(C)CC(=O)O)c2cc1C. The van der Waals surface area contributed by atoms with Gasteiger partial charge in [0.1, 0.15) is 0 Å². The standard InChI is InChI=1S/C17H19N5O4/c1-9-6-11-12(7-10(9)2)22(5-4-21(3)8-13(23)24)15-14(18-11)16(25)20-17(26)19-15/h6-7H,4-5,8H2,1-3H3,(H,23,24)(H,20,25,26). The average Bonchev–Trinajstić information content (AvgIpc) is 2.53. The Labute approximate surface area is 148 Å². The Kier molecular flexibility index (Phi) is 4.56. The van der Waals surface area contributed by atoms with Crippen LogP contribution in [0.25, 0.3) is 22.6 Å². The monoisotopic (exact) mass is 357 g/mol. The Morgan fingerprint density at radius 3 is 2.62 bits per heavy atom. The Bertz CT molecular complexity index is 1080. The third kappa shape index (κ3) is 3.33. The summed E-state index contributed by atoms with van der Waals surface area (Å²) in [7, 11) is 1.69. The number of nitrogens with one attached hydrogen (secondary N) is 1. The average molecular weight is 357 g/mol. The number of rotatable bonds is 5. The quantitative estimate of drug-likeness (QED) is 0.626. The van der Waals surface area contributed by atoms with Crippen LogP contribution in [0.4, 0.5) is 0 Å². The first-order valence-corrected chi connectivity index (χ1v) is 8.08. The third-order valence-electron chi connectivity index (χ3n) is 4.33. The van der Waals surface area contributed by atoms with Crippen LogP contribution < -0.4 is 11.2 Å². The van der Waals surface area contributed by atoms with Crippen LogP contribution in [-0.2, 0) is 11.3 Å². The van der Waals surface area contributed by atoms with Gasteiger partial charge >= 0.3 is 11.7 Å². The van der Waals surface area contributed by atoms with E-state index in [1.807, 2.05) is 26.0 Å². The van der Waals surface area contributed by atoms with Crippen LogP contribution in [0.2, 0.25) is 0 Å². The van der Waals surface area contributed by atoms with Crippen LogP contribution >= 0.6 is 0 Å². The van der Waals surface area contributed by atoms with E-state index in [-0.39, 0.29) is 18.1 Å². The zero-order valence-electron chi connectivity index (χ0n) is 14.7. The van der Waals surface area contributed by atoms with Gasteiger partial charge in [-0.1, -0.05) is 0 Å². The Morgan fingerprint density at radius 1 is 1.23 bits per heavy atom. The molecule has 0 fully saturated rings. The van der Waals surface area contributed by atoms with E-state index in [9.17, 15) is 14.4 Å². The molecule has 1 aromatic carbocycles. The molecule has 2 aliphatic rings. The first-order chi connectivity index (χ1) is 12.3. The van der Waals surface area contributed by atoms with Gasteiger partial charge in [-0.05, 0) is 44.2 Å². The van der Waals surface area contributed by atoms with Gasteiger partial charge in [-0.2, -0.15) is 4.98 Å². The van der Waals surface area contributed by atoms with Crippen LogP contribution in [0.3, 0.4) is 0 Å². The molecule has 0 amide bonds. The number of carboxylic acids is 1. The summed E-state index contributed by atoms with van der Waals surface area (Å²) in [6.07, 6.45) is 0. The summed E-state index contributed by atoms with van der Waals surface area (Å²) in [6.45, 7) is 4.57. The number of hydrogen-bond acceptors (Lipinski definition) is 6. The van der Waals surface area contributed by atoms with Gasteiger partial charge in [-0.25, -0.2) is 9.78 Å². The molecular formula is C17H19N5O4. The number of likely N-dealkylation sites (N-methyl/N-ethyl adjacent to an activating group) is 1. The fourth-order valence-electron chi connectivity index (χ4n) is 2.86. The van der Waals surface area contributed by atoms with Crippen molar-refractivity contribution < 1.29 is 9.90 Å². The van der Waals surface area contributed by atoms with Crippen LogP contribution in [0, 0.1) is 13.8 Å². The molecular weight excluding hydrogens is 338 g/mol. The molecule has 0 spiro atoms. The van der Waals surface area contributed by atoms with Crippen LogP contribution in [-0.4, -0.2) is 55.6 Å². The molecule has 0 unspecified atom stereocenters. The number of carboxylic acid groups (broad SMARTS) is 1.